The number of halogens is 1. The first-order valence-corrected chi connectivity index (χ1v) is 4.77. The summed E-state index contributed by atoms with van der Waals surface area (Å²) in [5, 5.41) is 8.78. The van der Waals surface area contributed by atoms with E-state index in [1.165, 1.54) is 6.07 Å². The van der Waals surface area contributed by atoms with Crippen LogP contribution in [-0.2, 0) is 0 Å². The maximum atomic E-state index is 13.3. The molecule has 0 heterocycles. The first-order valence-electron chi connectivity index (χ1n) is 4.77. The van der Waals surface area contributed by atoms with Crippen LogP contribution >= 0.6 is 0 Å². The highest BCUT2D eigenvalue weighted by Crippen LogP contribution is 2.28. The van der Waals surface area contributed by atoms with Crippen LogP contribution in [0.1, 0.15) is 5.56 Å². The molecule has 0 aliphatic carbocycles. The largest absolute Gasteiger partial charge is 0.396 e. The fourth-order valence-corrected chi connectivity index (χ4v) is 1.55. The molecule has 0 amide bonds. The average molecular weight is 212 g/mol. The van der Waals surface area contributed by atoms with Crippen LogP contribution in [-0.4, -0.2) is 0 Å². The number of nitriles is 1. The lowest BCUT2D eigenvalue weighted by Crippen LogP contribution is -1.94. The van der Waals surface area contributed by atoms with Crippen molar-refractivity contribution < 1.29 is 4.39 Å². The molecule has 0 radical (unpaired) electrons. The summed E-state index contributed by atoms with van der Waals surface area (Å²) in [5.74, 6) is -0.445. The van der Waals surface area contributed by atoms with Crippen LogP contribution in [0.4, 0.5) is 10.1 Å². The van der Waals surface area contributed by atoms with Gasteiger partial charge < -0.3 is 5.73 Å². The molecule has 0 aromatic heterocycles. The van der Waals surface area contributed by atoms with E-state index in [4.69, 9.17) is 11.0 Å². The van der Waals surface area contributed by atoms with E-state index in [1.807, 2.05) is 6.07 Å². The van der Waals surface area contributed by atoms with Crippen LogP contribution in [0.25, 0.3) is 11.1 Å². The van der Waals surface area contributed by atoms with Gasteiger partial charge in [0, 0.05) is 5.56 Å². The number of rotatable bonds is 1. The van der Waals surface area contributed by atoms with E-state index in [-0.39, 0.29) is 5.69 Å². The molecule has 16 heavy (non-hydrogen) atoms. The predicted octanol–water partition coefficient (Wildman–Crippen LogP) is 2.95. The van der Waals surface area contributed by atoms with Gasteiger partial charge in [-0.3, -0.25) is 0 Å². The van der Waals surface area contributed by atoms with Crippen molar-refractivity contribution in [3.05, 3.63) is 53.8 Å². The van der Waals surface area contributed by atoms with Crippen LogP contribution in [0.5, 0.6) is 0 Å². The number of para-hydroxylation sites is 1. The van der Waals surface area contributed by atoms with Crippen molar-refractivity contribution in [2.24, 2.45) is 0 Å². The van der Waals surface area contributed by atoms with Crippen molar-refractivity contribution in [2.45, 2.75) is 0 Å². The Kier molecular flexibility index (Phi) is 2.57. The first-order chi connectivity index (χ1) is 7.72. The van der Waals surface area contributed by atoms with Crippen LogP contribution in [0.2, 0.25) is 0 Å². The van der Waals surface area contributed by atoms with Crippen molar-refractivity contribution in [1.29, 1.82) is 5.26 Å². The fraction of sp³-hybridized carbons (Fsp3) is 0. The molecule has 0 aliphatic rings. The van der Waals surface area contributed by atoms with Gasteiger partial charge in [-0.05, 0) is 23.8 Å². The first kappa shape index (κ1) is 10.2. The Morgan fingerprint density at radius 3 is 2.62 bits per heavy atom. The van der Waals surface area contributed by atoms with Gasteiger partial charge >= 0.3 is 0 Å². The topological polar surface area (TPSA) is 49.8 Å². The van der Waals surface area contributed by atoms with E-state index in [9.17, 15) is 4.39 Å². The van der Waals surface area contributed by atoms with Crippen molar-refractivity contribution in [3.8, 4) is 17.2 Å². The van der Waals surface area contributed by atoms with Gasteiger partial charge in [-0.1, -0.05) is 24.3 Å². The molecule has 0 spiro atoms. The molecule has 78 valence electrons. The Balaban J connectivity index is 2.59. The molecule has 2 rings (SSSR count). The van der Waals surface area contributed by atoms with Crippen molar-refractivity contribution in [1.82, 2.24) is 0 Å². The molecule has 2 aromatic carbocycles. The van der Waals surface area contributed by atoms with Crippen molar-refractivity contribution >= 4 is 5.69 Å². The third kappa shape index (κ3) is 1.73. The Morgan fingerprint density at radius 1 is 1.12 bits per heavy atom. The van der Waals surface area contributed by atoms with Crippen molar-refractivity contribution in [3.63, 3.8) is 0 Å². The quantitative estimate of drug-likeness (QED) is 0.739. The van der Waals surface area contributed by atoms with Gasteiger partial charge in [0.05, 0.1) is 17.3 Å². The number of nitrogens with two attached hydrogens (primary N) is 1. The zero-order valence-electron chi connectivity index (χ0n) is 8.44. The lowest BCUT2D eigenvalue weighted by molar-refractivity contribution is 0.633. The maximum Gasteiger partial charge on any atom is 0.146 e. The Hall–Kier alpha value is -2.34. The van der Waals surface area contributed by atoms with Gasteiger partial charge in [0.1, 0.15) is 5.82 Å². The molecule has 2 N–H and O–H groups in total. The molecule has 3 heteroatoms. The number of hydrogen-bond donors (Lipinski definition) is 1. The van der Waals surface area contributed by atoms with Gasteiger partial charge in [-0.15, -0.1) is 0 Å². The molecule has 0 atom stereocenters. The maximum absolute atomic E-state index is 13.3. The zero-order valence-corrected chi connectivity index (χ0v) is 8.44. The monoisotopic (exact) mass is 212 g/mol. The molecule has 0 unspecified atom stereocenters. The summed E-state index contributed by atoms with van der Waals surface area (Å²) < 4.78 is 13.3. The Labute approximate surface area is 92.8 Å². The third-order valence-electron chi connectivity index (χ3n) is 2.36. The molecular formula is C13H9FN2. The second kappa shape index (κ2) is 4.03. The highest BCUT2D eigenvalue weighted by Gasteiger charge is 2.06. The number of hydrogen-bond acceptors (Lipinski definition) is 2. The molecule has 0 saturated carbocycles. The lowest BCUT2D eigenvalue weighted by atomic mass is 10.0. The van der Waals surface area contributed by atoms with E-state index in [0.29, 0.717) is 11.1 Å². The minimum atomic E-state index is -0.445. The predicted molar refractivity (Wildman–Crippen MR) is 61.0 cm³/mol. The summed E-state index contributed by atoms with van der Waals surface area (Å²) >= 11 is 0. The standard InChI is InChI=1S/C13H9FN2/c14-12-6-2-5-11(13(12)16)10-4-1-3-9(7-10)8-15/h1-7H,16H2. The molecule has 0 fully saturated rings. The van der Waals surface area contributed by atoms with Crippen LogP contribution in [0, 0.1) is 17.1 Å². The summed E-state index contributed by atoms with van der Waals surface area (Å²) in [7, 11) is 0. The summed E-state index contributed by atoms with van der Waals surface area (Å²) in [4.78, 5) is 0. The number of benzene rings is 2. The molecule has 0 bridgehead atoms. The molecular weight excluding hydrogens is 203 g/mol. The SMILES string of the molecule is N#Cc1cccc(-c2cccc(F)c2N)c1. The fourth-order valence-electron chi connectivity index (χ4n) is 1.55. The molecule has 2 aromatic rings. The van der Waals surface area contributed by atoms with E-state index in [1.54, 1.807) is 36.4 Å². The minimum Gasteiger partial charge on any atom is -0.396 e. The van der Waals surface area contributed by atoms with Crippen LogP contribution < -0.4 is 5.73 Å². The van der Waals surface area contributed by atoms with Gasteiger partial charge in [-0.25, -0.2) is 4.39 Å². The normalized spacial score (nSPS) is 9.75. The van der Waals surface area contributed by atoms with Gasteiger partial charge in [0.2, 0.25) is 0 Å². The zero-order chi connectivity index (χ0) is 11.5. The van der Waals surface area contributed by atoms with E-state index < -0.39 is 5.82 Å². The third-order valence-corrected chi connectivity index (χ3v) is 2.36. The summed E-state index contributed by atoms with van der Waals surface area (Å²) in [6.07, 6.45) is 0. The van der Waals surface area contributed by atoms with Crippen molar-refractivity contribution in [2.75, 3.05) is 5.73 Å². The van der Waals surface area contributed by atoms with E-state index in [0.717, 1.165) is 5.56 Å². The van der Waals surface area contributed by atoms with Crippen LogP contribution in [0.3, 0.4) is 0 Å². The lowest BCUT2D eigenvalue weighted by Gasteiger charge is -2.06. The van der Waals surface area contributed by atoms with Crippen LogP contribution in [0.15, 0.2) is 42.5 Å². The smallest absolute Gasteiger partial charge is 0.146 e. The van der Waals surface area contributed by atoms with E-state index >= 15 is 0 Å². The number of nitrogen functional groups attached to an aromatic ring is 1. The Bertz CT molecular complexity index is 570. The van der Waals surface area contributed by atoms with Gasteiger partial charge in [0.15, 0.2) is 0 Å². The summed E-state index contributed by atoms with van der Waals surface area (Å²) in [5.41, 5.74) is 7.64. The second-order valence-corrected chi connectivity index (χ2v) is 3.39. The van der Waals surface area contributed by atoms with Gasteiger partial charge in [-0.2, -0.15) is 5.26 Å². The number of nitrogens with zero attached hydrogens (tertiary/aromatic N) is 1. The minimum absolute atomic E-state index is 0.109. The molecule has 2 nitrogen and oxygen atoms in total. The van der Waals surface area contributed by atoms with E-state index in [2.05, 4.69) is 0 Å². The molecule has 0 aliphatic heterocycles. The average Bonchev–Trinajstić information content (AvgIpc) is 2.33. The molecule has 0 saturated heterocycles. The number of anilines is 1. The van der Waals surface area contributed by atoms with Gasteiger partial charge in [0.25, 0.3) is 0 Å². The Morgan fingerprint density at radius 2 is 1.88 bits per heavy atom. The second-order valence-electron chi connectivity index (χ2n) is 3.39. The highest BCUT2D eigenvalue weighted by atomic mass is 19.1. The highest BCUT2D eigenvalue weighted by molar-refractivity contribution is 5.77. The summed E-state index contributed by atoms with van der Waals surface area (Å²) in [6, 6.07) is 13.6. The summed E-state index contributed by atoms with van der Waals surface area (Å²) in [6.45, 7) is 0.